The van der Waals surface area contributed by atoms with Gasteiger partial charge in [-0.05, 0) is 76.1 Å². The van der Waals surface area contributed by atoms with Gasteiger partial charge in [-0.15, -0.1) is 5.92 Å². The van der Waals surface area contributed by atoms with Gasteiger partial charge in [0.2, 0.25) is 0 Å². The minimum absolute atomic E-state index is 0.0831. The third kappa shape index (κ3) is 7.92. The second-order valence-electron chi connectivity index (χ2n) is 11.2. The Labute approximate surface area is 268 Å². The number of imide groups is 1. The summed E-state index contributed by atoms with van der Waals surface area (Å²) in [5.74, 6) is 3.46. The van der Waals surface area contributed by atoms with E-state index < -0.39 is 58.5 Å². The number of ether oxygens (including phenoxy) is 3. The van der Waals surface area contributed by atoms with E-state index in [1.807, 2.05) is 0 Å². The molecule has 1 aliphatic heterocycles. The first-order valence-electron chi connectivity index (χ1n) is 14.4. The average Bonchev–Trinajstić information content (AvgIpc) is 3.26. The van der Waals surface area contributed by atoms with Gasteiger partial charge in [0.15, 0.2) is 6.04 Å². The first kappa shape index (κ1) is 33.7. The molecule has 11 nitrogen and oxygen atoms in total. The number of carbonyl (C=O) groups excluding carboxylic acids is 4. The number of hydrogen-bond donors (Lipinski definition) is 0. The molecule has 0 spiro atoms. The van der Waals surface area contributed by atoms with Crippen molar-refractivity contribution < 1.29 is 41.8 Å². The van der Waals surface area contributed by atoms with Crippen molar-refractivity contribution in [1.29, 1.82) is 0 Å². The molecule has 0 fully saturated rings. The summed E-state index contributed by atoms with van der Waals surface area (Å²) in [7, 11) is -4.78. The first-order valence-corrected chi connectivity index (χ1v) is 15.8. The Morgan fingerprint density at radius 2 is 1.48 bits per heavy atom. The fourth-order valence-corrected chi connectivity index (χ4v) is 6.03. The summed E-state index contributed by atoms with van der Waals surface area (Å²) >= 11 is 0. The number of fused-ring (bicyclic) bond motifs is 1. The van der Waals surface area contributed by atoms with E-state index in [2.05, 4.69) is 11.8 Å². The fraction of sp³-hybridized carbons (Fsp3) is 0.294. The van der Waals surface area contributed by atoms with Gasteiger partial charge in [-0.2, -0.15) is 4.31 Å². The highest BCUT2D eigenvalue weighted by Gasteiger charge is 2.44. The summed E-state index contributed by atoms with van der Waals surface area (Å²) in [6.07, 6.45) is -1.80. The molecule has 0 aliphatic carbocycles. The van der Waals surface area contributed by atoms with Crippen molar-refractivity contribution in [3.05, 3.63) is 95.6 Å². The number of hydrogen-bond acceptors (Lipinski definition) is 9. The van der Waals surface area contributed by atoms with Crippen molar-refractivity contribution in [2.45, 2.75) is 57.3 Å². The van der Waals surface area contributed by atoms with Gasteiger partial charge in [-0.25, -0.2) is 18.0 Å². The lowest BCUT2D eigenvalue weighted by Gasteiger charge is -2.32. The fourth-order valence-electron chi connectivity index (χ4n) is 4.56. The summed E-state index contributed by atoms with van der Waals surface area (Å²) in [4.78, 5) is 54.1. The zero-order chi connectivity index (χ0) is 33.5. The zero-order valence-electron chi connectivity index (χ0n) is 25.9. The molecular weight excluding hydrogens is 612 g/mol. The highest BCUT2D eigenvalue weighted by atomic mass is 32.2. The SMILES string of the molecule is CC#CCOc1ccc(S(=O)(=O)N(C(=O)OC(C)(C)C)[C@H](CCN2C(=O)c3ccccc3C2=O)C(=O)OCc2ccccc2)cc1. The number of rotatable bonds is 11. The van der Waals surface area contributed by atoms with Gasteiger partial charge in [0.25, 0.3) is 21.8 Å². The molecule has 0 N–H and O–H groups in total. The van der Waals surface area contributed by atoms with Gasteiger partial charge in [0.1, 0.15) is 24.6 Å². The number of amides is 3. The molecule has 46 heavy (non-hydrogen) atoms. The number of nitrogens with zero attached hydrogens (tertiary/aromatic N) is 2. The van der Waals surface area contributed by atoms with Crippen molar-refractivity contribution in [3.8, 4) is 17.6 Å². The largest absolute Gasteiger partial charge is 0.481 e. The summed E-state index contributed by atoms with van der Waals surface area (Å²) in [5, 5.41) is 0. The van der Waals surface area contributed by atoms with E-state index in [9.17, 15) is 27.6 Å². The molecule has 3 aromatic rings. The van der Waals surface area contributed by atoms with Crippen LogP contribution in [0.4, 0.5) is 4.79 Å². The van der Waals surface area contributed by atoms with Gasteiger partial charge in [-0.3, -0.25) is 14.5 Å². The molecule has 1 atom stereocenters. The highest BCUT2D eigenvalue weighted by molar-refractivity contribution is 7.89. The van der Waals surface area contributed by atoms with Crippen LogP contribution in [0, 0.1) is 11.8 Å². The van der Waals surface area contributed by atoms with Crippen LogP contribution in [0.1, 0.15) is 60.4 Å². The third-order valence-corrected chi connectivity index (χ3v) is 8.51. The normalized spacial score (nSPS) is 13.3. The Bertz CT molecular complexity index is 1740. The number of benzene rings is 3. The maximum atomic E-state index is 14.2. The van der Waals surface area contributed by atoms with Crippen LogP contribution in [0.3, 0.4) is 0 Å². The minimum Gasteiger partial charge on any atom is -0.481 e. The third-order valence-electron chi connectivity index (χ3n) is 6.73. The van der Waals surface area contributed by atoms with Crippen molar-refractivity contribution in [2.75, 3.05) is 13.2 Å². The molecular formula is C34H34N2O9S. The van der Waals surface area contributed by atoms with Gasteiger partial charge < -0.3 is 14.2 Å². The lowest BCUT2D eigenvalue weighted by atomic mass is 10.1. The van der Waals surface area contributed by atoms with Crippen LogP contribution < -0.4 is 4.74 Å². The van der Waals surface area contributed by atoms with Crippen LogP contribution in [0.5, 0.6) is 5.75 Å². The molecule has 240 valence electrons. The Morgan fingerprint density at radius 1 is 0.891 bits per heavy atom. The van der Waals surface area contributed by atoms with E-state index >= 15 is 0 Å². The Balaban J connectivity index is 1.71. The topological polar surface area (TPSA) is 137 Å². The van der Waals surface area contributed by atoms with E-state index in [-0.39, 0.29) is 29.2 Å². The maximum absolute atomic E-state index is 14.2. The monoisotopic (exact) mass is 646 g/mol. The van der Waals surface area contributed by atoms with Crippen LogP contribution in [0.25, 0.3) is 0 Å². The summed E-state index contributed by atoms with van der Waals surface area (Å²) < 4.78 is 45.1. The van der Waals surface area contributed by atoms with Crippen LogP contribution in [-0.4, -0.2) is 66.3 Å². The van der Waals surface area contributed by atoms with Crippen LogP contribution in [-0.2, 0) is 30.9 Å². The smallest absolute Gasteiger partial charge is 0.425 e. The van der Waals surface area contributed by atoms with Crippen molar-refractivity contribution in [2.24, 2.45) is 0 Å². The maximum Gasteiger partial charge on any atom is 0.425 e. The van der Waals surface area contributed by atoms with Crippen LogP contribution in [0.15, 0.2) is 83.8 Å². The lowest BCUT2D eigenvalue weighted by molar-refractivity contribution is -0.149. The van der Waals surface area contributed by atoms with Gasteiger partial charge in [-0.1, -0.05) is 48.4 Å². The molecule has 0 saturated carbocycles. The quantitative estimate of drug-likeness (QED) is 0.163. The second-order valence-corrected chi connectivity index (χ2v) is 13.0. The van der Waals surface area contributed by atoms with Gasteiger partial charge in [0.05, 0.1) is 16.0 Å². The van der Waals surface area contributed by atoms with Gasteiger partial charge in [0, 0.05) is 6.54 Å². The minimum atomic E-state index is -4.78. The predicted octanol–water partition coefficient (Wildman–Crippen LogP) is 4.81. The predicted molar refractivity (Wildman–Crippen MR) is 167 cm³/mol. The van der Waals surface area contributed by atoms with Crippen molar-refractivity contribution >= 4 is 33.9 Å². The van der Waals surface area contributed by atoms with Crippen molar-refractivity contribution in [1.82, 2.24) is 9.21 Å². The van der Waals surface area contributed by atoms with E-state index in [4.69, 9.17) is 14.2 Å². The zero-order valence-corrected chi connectivity index (χ0v) is 26.7. The highest BCUT2D eigenvalue weighted by Crippen LogP contribution is 2.28. The molecule has 0 radical (unpaired) electrons. The molecule has 0 aromatic heterocycles. The standard InChI is InChI=1S/C34H34N2O9S/c1-5-6-22-43-25-16-18-26(19-17-25)46(41,42)36(33(40)45-34(2,3)4)29(32(39)44-23-24-12-8-7-9-13-24)20-21-35-30(37)27-14-10-11-15-28(27)31(35)38/h7-19,29H,20-23H2,1-4H3/t29-/m1/s1. The lowest BCUT2D eigenvalue weighted by Crippen LogP contribution is -2.52. The molecule has 0 saturated heterocycles. The van der Waals surface area contributed by atoms with E-state index in [0.717, 1.165) is 4.90 Å². The van der Waals surface area contributed by atoms with Crippen LogP contribution >= 0.6 is 0 Å². The number of carbonyl (C=O) groups is 4. The molecule has 0 unspecified atom stereocenters. The van der Waals surface area contributed by atoms with E-state index in [1.54, 1.807) is 70.2 Å². The van der Waals surface area contributed by atoms with Crippen molar-refractivity contribution in [3.63, 3.8) is 0 Å². The molecule has 0 bridgehead atoms. The molecule has 4 rings (SSSR count). The molecule has 12 heteroatoms. The van der Waals surface area contributed by atoms with Crippen LogP contribution in [0.2, 0.25) is 0 Å². The Kier molecular flexibility index (Phi) is 10.5. The second kappa shape index (κ2) is 14.3. The van der Waals surface area contributed by atoms with E-state index in [0.29, 0.717) is 15.6 Å². The molecule has 1 aliphatic rings. The molecule has 3 aromatic carbocycles. The summed E-state index contributed by atoms with van der Waals surface area (Å²) in [6, 6.07) is 18.3. The molecule has 1 heterocycles. The van der Waals surface area contributed by atoms with E-state index in [1.165, 1.54) is 36.4 Å². The Hall–Kier alpha value is -5.15. The van der Waals surface area contributed by atoms with Gasteiger partial charge >= 0.3 is 12.1 Å². The average molecular weight is 647 g/mol. The molecule has 3 amide bonds. The number of esters is 1. The number of sulfonamides is 1. The summed E-state index contributed by atoms with van der Waals surface area (Å²) in [6.45, 7) is 5.75. The Morgan fingerprint density at radius 3 is 2.04 bits per heavy atom. The first-order chi connectivity index (χ1) is 21.8. The summed E-state index contributed by atoms with van der Waals surface area (Å²) in [5.41, 5.74) is -0.173.